The maximum absolute atomic E-state index is 11.8. The molecule has 5 atom stereocenters. The molecule has 0 spiro atoms. The minimum Gasteiger partial charge on any atom is -0.486 e. The van der Waals surface area contributed by atoms with Gasteiger partial charge in [-0.1, -0.05) is 0 Å². The molecule has 0 bridgehead atoms. The average Bonchev–Trinajstić information content (AvgIpc) is 2.63. The van der Waals surface area contributed by atoms with Gasteiger partial charge in [0.2, 0.25) is 5.91 Å². The molecule has 2 N–H and O–H groups in total. The Kier molecular flexibility index (Phi) is 9.93. The lowest BCUT2D eigenvalue weighted by Crippen LogP contribution is -2.61. The van der Waals surface area contributed by atoms with Crippen molar-refractivity contribution in [3.63, 3.8) is 0 Å². The third-order valence-corrected chi connectivity index (χ3v) is 3.93. The molecule has 0 aliphatic carbocycles. The number of rotatable bonds is 9. The molecule has 174 valence electrons. The average molecular weight is 445 g/mol. The fourth-order valence-corrected chi connectivity index (χ4v) is 2.98. The summed E-state index contributed by atoms with van der Waals surface area (Å²) in [6, 6.07) is -1.10. The Bertz CT molecular complexity index is 732. The van der Waals surface area contributed by atoms with Crippen LogP contribution in [-0.2, 0) is 47.7 Å². The molecular formula is C19H27NO11. The van der Waals surface area contributed by atoms with Gasteiger partial charge in [-0.25, -0.2) is 0 Å². The van der Waals surface area contributed by atoms with Crippen LogP contribution in [0.4, 0.5) is 0 Å². The van der Waals surface area contributed by atoms with Crippen molar-refractivity contribution in [3.05, 3.63) is 11.8 Å². The molecule has 1 rings (SSSR count). The fraction of sp³-hybridized carbons (Fsp3) is 0.632. The summed E-state index contributed by atoms with van der Waals surface area (Å²) in [6.07, 6.45) is -3.85. The first-order valence-electron chi connectivity index (χ1n) is 9.34. The number of hydrogen-bond acceptors (Lipinski definition) is 11. The zero-order chi connectivity index (χ0) is 23.7. The summed E-state index contributed by atoms with van der Waals surface area (Å²) in [4.78, 5) is 58.1. The molecule has 0 aromatic carbocycles. The van der Waals surface area contributed by atoms with E-state index in [9.17, 15) is 29.1 Å². The first-order valence-corrected chi connectivity index (χ1v) is 9.34. The van der Waals surface area contributed by atoms with Crippen molar-refractivity contribution in [2.45, 2.75) is 65.1 Å². The van der Waals surface area contributed by atoms with E-state index in [0.29, 0.717) is 0 Å². The van der Waals surface area contributed by atoms with Crippen LogP contribution in [0.25, 0.3) is 0 Å². The van der Waals surface area contributed by atoms with Crippen molar-refractivity contribution < 1.29 is 52.8 Å². The number of carbonyl (C=O) groups excluding carboxylic acids is 5. The molecule has 1 heterocycles. The van der Waals surface area contributed by atoms with Gasteiger partial charge in [0.05, 0.1) is 0 Å². The zero-order valence-corrected chi connectivity index (χ0v) is 17.9. The molecular weight excluding hydrogens is 418 g/mol. The largest absolute Gasteiger partial charge is 0.486 e. The van der Waals surface area contributed by atoms with Gasteiger partial charge in [0.15, 0.2) is 18.3 Å². The highest BCUT2D eigenvalue weighted by molar-refractivity contribution is 5.74. The summed E-state index contributed by atoms with van der Waals surface area (Å²) in [6.45, 7) is 4.58. The molecule has 31 heavy (non-hydrogen) atoms. The quantitative estimate of drug-likeness (QED) is 0.335. The lowest BCUT2D eigenvalue weighted by Gasteiger charge is -2.41. The van der Waals surface area contributed by atoms with Gasteiger partial charge in [-0.3, -0.25) is 24.0 Å². The molecule has 0 fully saturated rings. The fourth-order valence-electron chi connectivity index (χ4n) is 2.98. The lowest BCUT2D eigenvalue weighted by molar-refractivity contribution is -0.191. The topological polar surface area (TPSA) is 164 Å². The van der Waals surface area contributed by atoms with Crippen LogP contribution in [0.15, 0.2) is 11.8 Å². The summed E-state index contributed by atoms with van der Waals surface area (Å²) in [5, 5.41) is 12.1. The number of hydrogen-bond donors (Lipinski definition) is 2. The van der Waals surface area contributed by atoms with Crippen LogP contribution in [0.1, 0.15) is 34.6 Å². The normalized spacial score (nSPS) is 22.0. The Morgan fingerprint density at radius 3 is 2.06 bits per heavy atom. The summed E-state index contributed by atoms with van der Waals surface area (Å²) in [5.74, 6) is -3.49. The van der Waals surface area contributed by atoms with E-state index in [4.69, 9.17) is 23.7 Å². The lowest BCUT2D eigenvalue weighted by atomic mass is 9.93. The highest BCUT2D eigenvalue weighted by Gasteiger charge is 2.47. The summed E-state index contributed by atoms with van der Waals surface area (Å²) >= 11 is 0. The third kappa shape index (κ3) is 8.62. The maximum Gasteiger partial charge on any atom is 0.303 e. The molecule has 1 aliphatic rings. The van der Waals surface area contributed by atoms with Gasteiger partial charge in [-0.2, -0.15) is 0 Å². The van der Waals surface area contributed by atoms with E-state index in [2.05, 4.69) is 5.32 Å². The maximum atomic E-state index is 11.8. The zero-order valence-electron chi connectivity index (χ0n) is 17.9. The smallest absolute Gasteiger partial charge is 0.303 e. The second-order valence-corrected chi connectivity index (χ2v) is 6.70. The summed E-state index contributed by atoms with van der Waals surface area (Å²) in [7, 11) is 0. The van der Waals surface area contributed by atoms with Crippen molar-refractivity contribution in [2.75, 3.05) is 13.2 Å². The summed E-state index contributed by atoms with van der Waals surface area (Å²) in [5.41, 5.74) is 0. The number of aliphatic hydroxyl groups is 1. The van der Waals surface area contributed by atoms with Gasteiger partial charge in [0.1, 0.15) is 31.1 Å². The highest BCUT2D eigenvalue weighted by Crippen LogP contribution is 2.27. The number of ether oxygens (including phenoxy) is 5. The Labute approximate surface area is 178 Å². The van der Waals surface area contributed by atoms with Crippen LogP contribution in [0.5, 0.6) is 0 Å². The van der Waals surface area contributed by atoms with Crippen molar-refractivity contribution in [1.29, 1.82) is 0 Å². The Morgan fingerprint density at radius 2 is 1.61 bits per heavy atom. The first-order chi connectivity index (χ1) is 14.4. The van der Waals surface area contributed by atoms with Crippen LogP contribution in [0, 0.1) is 0 Å². The van der Waals surface area contributed by atoms with E-state index in [1.807, 2.05) is 0 Å². The minimum absolute atomic E-state index is 0.0379. The Hall–Kier alpha value is -3.15. The number of amides is 1. The van der Waals surface area contributed by atoms with Crippen molar-refractivity contribution >= 4 is 29.8 Å². The summed E-state index contributed by atoms with van der Waals surface area (Å²) < 4.78 is 26.3. The standard InChI is InChI=1S/C19H27NO11/c1-9(22)20-17-15(28-11(3)24)6-14(7-21)31-19(17)18(30-13(5)26)16(29-12(4)25)8-27-10(2)23/h6,15-19,21H,7-8H2,1-5H3,(H,20,22)/t15-,16-,17-,18-,19?/m1/s1. The molecule has 12 heteroatoms. The van der Waals surface area contributed by atoms with Crippen molar-refractivity contribution in [3.8, 4) is 0 Å². The van der Waals surface area contributed by atoms with Gasteiger partial charge in [-0.05, 0) is 6.08 Å². The molecule has 0 radical (unpaired) electrons. The van der Waals surface area contributed by atoms with Gasteiger partial charge in [0.25, 0.3) is 0 Å². The molecule has 0 aromatic rings. The predicted octanol–water partition coefficient (Wildman–Crippen LogP) is -0.876. The van der Waals surface area contributed by atoms with E-state index in [-0.39, 0.29) is 5.76 Å². The molecule has 0 saturated carbocycles. The number of carbonyl (C=O) groups is 5. The van der Waals surface area contributed by atoms with E-state index in [1.165, 1.54) is 13.0 Å². The number of aliphatic hydroxyl groups excluding tert-OH is 1. The van der Waals surface area contributed by atoms with Crippen LogP contribution in [-0.4, -0.2) is 78.6 Å². The van der Waals surface area contributed by atoms with Crippen LogP contribution < -0.4 is 5.32 Å². The van der Waals surface area contributed by atoms with Crippen molar-refractivity contribution in [1.82, 2.24) is 5.32 Å². The van der Waals surface area contributed by atoms with Crippen molar-refractivity contribution in [2.24, 2.45) is 0 Å². The SMILES string of the molecule is CC(=O)N[C@H]1C([C@H](OC(C)=O)[C@@H](COC(C)=O)OC(C)=O)OC(CO)=C[C@H]1OC(C)=O. The molecule has 12 nitrogen and oxygen atoms in total. The van der Waals surface area contributed by atoms with E-state index < -0.39 is 73.5 Å². The van der Waals surface area contributed by atoms with Gasteiger partial charge in [0, 0.05) is 34.6 Å². The highest BCUT2D eigenvalue weighted by atomic mass is 16.6. The molecule has 1 aliphatic heterocycles. The molecule has 0 saturated heterocycles. The minimum atomic E-state index is -1.41. The van der Waals surface area contributed by atoms with Crippen LogP contribution in [0.3, 0.4) is 0 Å². The van der Waals surface area contributed by atoms with Gasteiger partial charge < -0.3 is 34.1 Å². The monoisotopic (exact) mass is 445 g/mol. The first kappa shape index (κ1) is 25.9. The van der Waals surface area contributed by atoms with E-state index in [0.717, 1.165) is 27.7 Å². The predicted molar refractivity (Wildman–Crippen MR) is 101 cm³/mol. The molecule has 1 unspecified atom stereocenters. The number of nitrogens with one attached hydrogen (secondary N) is 1. The van der Waals surface area contributed by atoms with Crippen LogP contribution in [0.2, 0.25) is 0 Å². The second kappa shape index (κ2) is 11.9. The van der Waals surface area contributed by atoms with Crippen LogP contribution >= 0.6 is 0 Å². The van der Waals surface area contributed by atoms with E-state index >= 15 is 0 Å². The Morgan fingerprint density at radius 1 is 1.00 bits per heavy atom. The molecule has 0 aromatic heterocycles. The van der Waals surface area contributed by atoms with Gasteiger partial charge >= 0.3 is 23.9 Å². The number of esters is 4. The second-order valence-electron chi connectivity index (χ2n) is 6.70. The third-order valence-electron chi connectivity index (χ3n) is 3.93. The van der Waals surface area contributed by atoms with E-state index in [1.54, 1.807) is 0 Å². The van der Waals surface area contributed by atoms with Gasteiger partial charge in [-0.15, -0.1) is 0 Å². The Balaban J connectivity index is 3.46. The molecule has 1 amide bonds.